The van der Waals surface area contributed by atoms with Gasteiger partial charge in [-0.05, 0) is 5.92 Å². The number of hydrogen-bond donors (Lipinski definition) is 2. The normalized spacial score (nSPS) is 23.5. The molecule has 17 heavy (non-hydrogen) atoms. The third-order valence-electron chi connectivity index (χ3n) is 3.28. The van der Waals surface area contributed by atoms with Gasteiger partial charge < -0.3 is 15.1 Å². The topological polar surface area (TPSA) is 94.9 Å². The number of aliphatic carboxylic acids is 2. The summed E-state index contributed by atoms with van der Waals surface area (Å²) < 4.78 is 0. The SMILES string of the molecule is CCC(C)C(C(=O)O)N1CC(C(=O)O)CC1=O. The van der Waals surface area contributed by atoms with Gasteiger partial charge in [0.05, 0.1) is 5.92 Å². The molecule has 2 N–H and O–H groups in total. The van der Waals surface area contributed by atoms with Crippen LogP contribution in [-0.4, -0.2) is 45.5 Å². The highest BCUT2D eigenvalue weighted by Crippen LogP contribution is 2.25. The smallest absolute Gasteiger partial charge is 0.326 e. The molecular formula is C11H17NO5. The Morgan fingerprint density at radius 3 is 2.41 bits per heavy atom. The molecule has 0 saturated carbocycles. The highest BCUT2D eigenvalue weighted by atomic mass is 16.4. The fraction of sp³-hybridized carbons (Fsp3) is 0.727. The van der Waals surface area contributed by atoms with Crippen molar-refractivity contribution in [2.45, 2.75) is 32.7 Å². The number of carbonyl (C=O) groups excluding carboxylic acids is 1. The molecule has 6 nitrogen and oxygen atoms in total. The van der Waals surface area contributed by atoms with Gasteiger partial charge in [0.25, 0.3) is 0 Å². The number of likely N-dealkylation sites (tertiary alicyclic amines) is 1. The summed E-state index contributed by atoms with van der Waals surface area (Å²) in [6.45, 7) is 3.59. The summed E-state index contributed by atoms with van der Waals surface area (Å²) in [5.74, 6) is -3.48. The largest absolute Gasteiger partial charge is 0.481 e. The quantitative estimate of drug-likeness (QED) is 0.729. The second-order valence-electron chi connectivity index (χ2n) is 4.45. The first kappa shape index (κ1) is 13.5. The fourth-order valence-electron chi connectivity index (χ4n) is 2.07. The van der Waals surface area contributed by atoms with E-state index in [4.69, 9.17) is 10.2 Å². The summed E-state index contributed by atoms with van der Waals surface area (Å²) in [4.78, 5) is 34.8. The molecule has 0 aromatic heterocycles. The number of hydrogen-bond acceptors (Lipinski definition) is 3. The van der Waals surface area contributed by atoms with Crippen molar-refractivity contribution in [1.82, 2.24) is 4.90 Å². The third-order valence-corrected chi connectivity index (χ3v) is 3.28. The lowest BCUT2D eigenvalue weighted by Gasteiger charge is -2.28. The zero-order valence-electron chi connectivity index (χ0n) is 9.92. The molecule has 0 aromatic carbocycles. The van der Waals surface area contributed by atoms with Gasteiger partial charge >= 0.3 is 11.9 Å². The van der Waals surface area contributed by atoms with E-state index in [9.17, 15) is 14.4 Å². The molecule has 0 spiro atoms. The van der Waals surface area contributed by atoms with Crippen LogP contribution >= 0.6 is 0 Å². The van der Waals surface area contributed by atoms with Crippen LogP contribution in [0.5, 0.6) is 0 Å². The Balaban J connectivity index is 2.86. The monoisotopic (exact) mass is 243 g/mol. The van der Waals surface area contributed by atoms with E-state index in [1.165, 1.54) is 4.90 Å². The number of carboxylic acids is 2. The molecule has 0 aromatic rings. The lowest BCUT2D eigenvalue weighted by atomic mass is 9.98. The Labute approximate surface area is 99.2 Å². The van der Waals surface area contributed by atoms with E-state index in [0.29, 0.717) is 6.42 Å². The van der Waals surface area contributed by atoms with E-state index in [1.54, 1.807) is 6.92 Å². The van der Waals surface area contributed by atoms with Crippen molar-refractivity contribution in [2.75, 3.05) is 6.54 Å². The summed E-state index contributed by atoms with van der Waals surface area (Å²) in [5, 5.41) is 18.0. The van der Waals surface area contributed by atoms with Crippen molar-refractivity contribution in [3.05, 3.63) is 0 Å². The number of amides is 1. The zero-order chi connectivity index (χ0) is 13.2. The van der Waals surface area contributed by atoms with Crippen LogP contribution in [0.2, 0.25) is 0 Å². The van der Waals surface area contributed by atoms with Gasteiger partial charge in [-0.25, -0.2) is 4.79 Å². The van der Waals surface area contributed by atoms with Gasteiger partial charge in [0, 0.05) is 13.0 Å². The summed E-state index contributed by atoms with van der Waals surface area (Å²) in [7, 11) is 0. The van der Waals surface area contributed by atoms with Gasteiger partial charge in [0.1, 0.15) is 6.04 Å². The Hall–Kier alpha value is -1.59. The Bertz CT molecular complexity index is 341. The van der Waals surface area contributed by atoms with Gasteiger partial charge in [-0.2, -0.15) is 0 Å². The Kier molecular flexibility index (Phi) is 4.09. The summed E-state index contributed by atoms with van der Waals surface area (Å²) in [6.07, 6.45) is 0.522. The second kappa shape index (κ2) is 5.16. The summed E-state index contributed by atoms with van der Waals surface area (Å²) in [5.41, 5.74) is 0. The van der Waals surface area contributed by atoms with E-state index >= 15 is 0 Å². The van der Waals surface area contributed by atoms with Gasteiger partial charge in [-0.3, -0.25) is 9.59 Å². The maximum Gasteiger partial charge on any atom is 0.326 e. The van der Waals surface area contributed by atoms with Crippen LogP contribution in [0.4, 0.5) is 0 Å². The van der Waals surface area contributed by atoms with Crippen LogP contribution in [0.1, 0.15) is 26.7 Å². The Morgan fingerprint density at radius 1 is 1.47 bits per heavy atom. The molecule has 1 saturated heterocycles. The van der Waals surface area contributed by atoms with Crippen molar-refractivity contribution in [2.24, 2.45) is 11.8 Å². The molecule has 1 heterocycles. The van der Waals surface area contributed by atoms with Crippen LogP contribution in [0, 0.1) is 11.8 Å². The number of carboxylic acid groups (broad SMARTS) is 2. The molecule has 96 valence electrons. The van der Waals surface area contributed by atoms with Crippen molar-refractivity contribution >= 4 is 17.8 Å². The molecule has 1 aliphatic heterocycles. The molecule has 1 aliphatic rings. The van der Waals surface area contributed by atoms with E-state index in [-0.39, 0.29) is 24.8 Å². The minimum atomic E-state index is -1.07. The predicted molar refractivity (Wildman–Crippen MR) is 58.3 cm³/mol. The highest BCUT2D eigenvalue weighted by Gasteiger charge is 2.42. The highest BCUT2D eigenvalue weighted by molar-refractivity contribution is 5.89. The fourth-order valence-corrected chi connectivity index (χ4v) is 2.07. The summed E-state index contributed by atoms with van der Waals surface area (Å²) >= 11 is 0. The third kappa shape index (κ3) is 2.75. The molecular weight excluding hydrogens is 226 g/mol. The first-order valence-corrected chi connectivity index (χ1v) is 5.63. The first-order valence-electron chi connectivity index (χ1n) is 5.63. The molecule has 0 bridgehead atoms. The van der Waals surface area contributed by atoms with Crippen molar-refractivity contribution in [3.8, 4) is 0 Å². The second-order valence-corrected chi connectivity index (χ2v) is 4.45. The van der Waals surface area contributed by atoms with Gasteiger partial charge in [-0.1, -0.05) is 20.3 Å². The zero-order valence-corrected chi connectivity index (χ0v) is 9.92. The average Bonchev–Trinajstić information content (AvgIpc) is 2.60. The Morgan fingerprint density at radius 2 is 2.06 bits per heavy atom. The molecule has 0 aliphatic carbocycles. The molecule has 6 heteroatoms. The maximum atomic E-state index is 11.7. The lowest BCUT2D eigenvalue weighted by Crippen LogP contribution is -2.46. The molecule has 3 unspecified atom stereocenters. The standard InChI is InChI=1S/C11H17NO5/c1-3-6(2)9(11(16)17)12-5-7(10(14)15)4-8(12)13/h6-7,9H,3-5H2,1-2H3,(H,14,15)(H,16,17). The molecule has 1 amide bonds. The van der Waals surface area contributed by atoms with Gasteiger partial charge in [0.2, 0.25) is 5.91 Å². The first-order chi connectivity index (χ1) is 7.88. The van der Waals surface area contributed by atoms with Crippen LogP contribution in [0.3, 0.4) is 0 Å². The number of rotatable bonds is 5. The van der Waals surface area contributed by atoms with Crippen molar-refractivity contribution in [3.63, 3.8) is 0 Å². The van der Waals surface area contributed by atoms with Crippen molar-refractivity contribution in [1.29, 1.82) is 0 Å². The lowest BCUT2D eigenvalue weighted by molar-refractivity contribution is -0.150. The number of carbonyl (C=O) groups is 3. The van der Waals surface area contributed by atoms with Crippen molar-refractivity contribution < 1.29 is 24.6 Å². The molecule has 3 atom stereocenters. The molecule has 0 radical (unpaired) electrons. The van der Waals surface area contributed by atoms with Crippen LogP contribution in [-0.2, 0) is 14.4 Å². The van der Waals surface area contributed by atoms with E-state index < -0.39 is 23.9 Å². The minimum absolute atomic E-state index is 0.00449. The predicted octanol–water partition coefficient (Wildman–Crippen LogP) is 0.419. The van der Waals surface area contributed by atoms with E-state index in [2.05, 4.69) is 0 Å². The average molecular weight is 243 g/mol. The van der Waals surface area contributed by atoms with E-state index in [0.717, 1.165) is 0 Å². The molecule has 1 fully saturated rings. The minimum Gasteiger partial charge on any atom is -0.481 e. The summed E-state index contributed by atoms with van der Waals surface area (Å²) in [6, 6.07) is -0.920. The van der Waals surface area contributed by atoms with Crippen LogP contribution < -0.4 is 0 Å². The molecule has 1 rings (SSSR count). The number of nitrogens with zero attached hydrogens (tertiary/aromatic N) is 1. The van der Waals surface area contributed by atoms with E-state index in [1.807, 2.05) is 6.92 Å². The van der Waals surface area contributed by atoms with Crippen LogP contribution in [0.25, 0.3) is 0 Å². The van der Waals surface area contributed by atoms with Gasteiger partial charge in [-0.15, -0.1) is 0 Å². The maximum absolute atomic E-state index is 11.7. The van der Waals surface area contributed by atoms with Gasteiger partial charge in [0.15, 0.2) is 0 Å². The van der Waals surface area contributed by atoms with Crippen LogP contribution in [0.15, 0.2) is 0 Å².